The maximum absolute atomic E-state index is 12.5. The number of aromatic nitrogens is 1. The summed E-state index contributed by atoms with van der Waals surface area (Å²) in [6.07, 6.45) is 2.46. The van der Waals surface area contributed by atoms with E-state index in [1.165, 1.54) is 0 Å². The van der Waals surface area contributed by atoms with Crippen LogP contribution in [-0.2, 0) is 4.74 Å². The number of carbonyl (C=O) groups excluding carboxylic acids is 1. The van der Waals surface area contributed by atoms with Gasteiger partial charge in [0.2, 0.25) is 5.88 Å². The fourth-order valence-corrected chi connectivity index (χ4v) is 4.42. The van der Waals surface area contributed by atoms with E-state index in [2.05, 4.69) is 22.3 Å². The van der Waals surface area contributed by atoms with E-state index in [0.717, 1.165) is 28.6 Å². The quantitative estimate of drug-likeness (QED) is 0.699. The van der Waals surface area contributed by atoms with Crippen LogP contribution in [0.2, 0.25) is 0 Å². The van der Waals surface area contributed by atoms with Crippen LogP contribution in [0.3, 0.4) is 0 Å². The first-order valence-electron chi connectivity index (χ1n) is 9.63. The Morgan fingerprint density at radius 2 is 2.00 bits per heavy atom. The molecule has 1 aliphatic rings. The zero-order valence-corrected chi connectivity index (χ0v) is 18.1. The lowest BCUT2D eigenvalue weighted by atomic mass is 10.2. The highest BCUT2D eigenvalue weighted by Gasteiger charge is 2.28. The number of pyridine rings is 1. The third-order valence-corrected chi connectivity index (χ3v) is 5.90. The van der Waals surface area contributed by atoms with Gasteiger partial charge in [0.15, 0.2) is 0 Å². The van der Waals surface area contributed by atoms with Crippen molar-refractivity contribution in [2.75, 3.05) is 26.7 Å². The van der Waals surface area contributed by atoms with Crippen molar-refractivity contribution in [3.63, 3.8) is 0 Å². The molecule has 7 heteroatoms. The topological polar surface area (TPSA) is 54.9 Å². The van der Waals surface area contributed by atoms with Gasteiger partial charge >= 0.3 is 6.09 Å². The Morgan fingerprint density at radius 3 is 2.71 bits per heavy atom. The number of nitrogens with zero attached hydrogens (tertiary/aromatic N) is 3. The van der Waals surface area contributed by atoms with Crippen LogP contribution >= 0.6 is 11.9 Å². The third kappa shape index (κ3) is 4.89. The van der Waals surface area contributed by atoms with Gasteiger partial charge in [-0.1, -0.05) is 6.07 Å². The standard InChI is InChI=1S/C21H29N3O3S/c1-15-14-23(20(25)27-21(2,3)4)12-7-13-24(15)28-18-9-6-8-17-16(18)10-11-22-19(17)26-5/h6,8-11,15H,7,12-14H2,1-5H3. The summed E-state index contributed by atoms with van der Waals surface area (Å²) in [5.41, 5.74) is -0.475. The molecule has 0 bridgehead atoms. The first-order chi connectivity index (χ1) is 13.3. The molecule has 152 valence electrons. The van der Waals surface area contributed by atoms with E-state index in [1.807, 2.05) is 43.9 Å². The number of amides is 1. The molecule has 6 nitrogen and oxygen atoms in total. The number of rotatable bonds is 3. The van der Waals surface area contributed by atoms with Crippen LogP contribution < -0.4 is 4.74 Å². The smallest absolute Gasteiger partial charge is 0.410 e. The van der Waals surface area contributed by atoms with Gasteiger partial charge in [-0.25, -0.2) is 14.1 Å². The minimum atomic E-state index is -0.475. The summed E-state index contributed by atoms with van der Waals surface area (Å²) in [4.78, 5) is 19.8. The van der Waals surface area contributed by atoms with Crippen molar-refractivity contribution in [3.05, 3.63) is 30.5 Å². The summed E-state index contributed by atoms with van der Waals surface area (Å²) in [5, 5.41) is 2.13. The molecule has 1 aromatic carbocycles. The Morgan fingerprint density at radius 1 is 1.21 bits per heavy atom. The molecule has 2 aromatic rings. The lowest BCUT2D eigenvalue weighted by molar-refractivity contribution is 0.0245. The molecule has 28 heavy (non-hydrogen) atoms. The van der Waals surface area contributed by atoms with E-state index < -0.39 is 5.60 Å². The number of hydrogen-bond donors (Lipinski definition) is 0. The minimum absolute atomic E-state index is 0.207. The highest BCUT2D eigenvalue weighted by molar-refractivity contribution is 7.97. The van der Waals surface area contributed by atoms with Crippen molar-refractivity contribution < 1.29 is 14.3 Å². The fraction of sp³-hybridized carbons (Fsp3) is 0.524. The highest BCUT2D eigenvalue weighted by atomic mass is 32.2. The van der Waals surface area contributed by atoms with Gasteiger partial charge in [0.05, 0.1) is 7.11 Å². The molecule has 1 saturated heterocycles. The molecular weight excluding hydrogens is 374 g/mol. The van der Waals surface area contributed by atoms with Gasteiger partial charge in [-0.3, -0.25) is 0 Å². The summed E-state index contributed by atoms with van der Waals surface area (Å²) in [5.74, 6) is 0.639. The largest absolute Gasteiger partial charge is 0.481 e. The maximum Gasteiger partial charge on any atom is 0.410 e. The van der Waals surface area contributed by atoms with Crippen molar-refractivity contribution in [1.82, 2.24) is 14.2 Å². The van der Waals surface area contributed by atoms with Gasteiger partial charge in [-0.2, -0.15) is 0 Å². The maximum atomic E-state index is 12.5. The van der Waals surface area contributed by atoms with E-state index in [-0.39, 0.29) is 12.1 Å². The Kier molecular flexibility index (Phi) is 6.35. The van der Waals surface area contributed by atoms with Gasteiger partial charge in [0.25, 0.3) is 0 Å². The number of methoxy groups -OCH3 is 1. The summed E-state index contributed by atoms with van der Waals surface area (Å²) in [6.45, 7) is 10.1. The van der Waals surface area contributed by atoms with Crippen LogP contribution in [0.5, 0.6) is 5.88 Å². The summed E-state index contributed by atoms with van der Waals surface area (Å²) < 4.78 is 13.3. The molecule has 0 saturated carbocycles. The minimum Gasteiger partial charge on any atom is -0.481 e. The van der Waals surface area contributed by atoms with Crippen LogP contribution in [0, 0.1) is 0 Å². The van der Waals surface area contributed by atoms with Crippen molar-refractivity contribution in [2.45, 2.75) is 50.7 Å². The first kappa shape index (κ1) is 20.7. The number of carbonyl (C=O) groups is 1. The second kappa shape index (κ2) is 8.57. The molecule has 0 spiro atoms. The number of benzene rings is 1. The van der Waals surface area contributed by atoms with Gasteiger partial charge in [0, 0.05) is 47.5 Å². The normalized spacial score (nSPS) is 18.8. The summed E-state index contributed by atoms with van der Waals surface area (Å²) in [7, 11) is 1.64. The number of ether oxygens (including phenoxy) is 2. The fourth-order valence-electron chi connectivity index (χ4n) is 3.29. The number of hydrogen-bond acceptors (Lipinski definition) is 6. The molecule has 1 aliphatic heterocycles. The lowest BCUT2D eigenvalue weighted by Crippen LogP contribution is -2.41. The SMILES string of the molecule is COc1nccc2c(SN3CCCN(C(=O)OC(C)(C)C)CC3C)cccc12. The number of fused-ring (bicyclic) bond motifs is 1. The molecule has 1 aromatic heterocycles. The summed E-state index contributed by atoms with van der Waals surface area (Å²) in [6, 6.07) is 8.41. The summed E-state index contributed by atoms with van der Waals surface area (Å²) >= 11 is 1.73. The second-order valence-electron chi connectivity index (χ2n) is 8.03. The molecule has 0 aliphatic carbocycles. The van der Waals surface area contributed by atoms with E-state index in [1.54, 1.807) is 25.3 Å². The Bertz CT molecular complexity index is 837. The van der Waals surface area contributed by atoms with Gasteiger partial charge in [0.1, 0.15) is 5.60 Å². The molecule has 1 amide bonds. The van der Waals surface area contributed by atoms with Crippen LogP contribution in [-0.4, -0.2) is 58.7 Å². The Labute approximate surface area is 171 Å². The molecular formula is C21H29N3O3S. The monoisotopic (exact) mass is 403 g/mol. The predicted octanol–water partition coefficient (Wildman–Crippen LogP) is 4.58. The van der Waals surface area contributed by atoms with Crippen molar-refractivity contribution in [3.8, 4) is 5.88 Å². The van der Waals surface area contributed by atoms with E-state index >= 15 is 0 Å². The van der Waals surface area contributed by atoms with Gasteiger partial charge in [-0.15, -0.1) is 0 Å². The van der Waals surface area contributed by atoms with Gasteiger partial charge in [-0.05, 0) is 64.3 Å². The molecule has 0 radical (unpaired) electrons. The zero-order valence-electron chi connectivity index (χ0n) is 17.3. The van der Waals surface area contributed by atoms with E-state index in [4.69, 9.17) is 9.47 Å². The lowest BCUT2D eigenvalue weighted by Gasteiger charge is -2.29. The molecule has 1 fully saturated rings. The molecule has 3 rings (SSSR count). The van der Waals surface area contributed by atoms with Gasteiger partial charge < -0.3 is 14.4 Å². The molecule has 0 N–H and O–H groups in total. The Hall–Kier alpha value is -1.99. The van der Waals surface area contributed by atoms with Crippen LogP contribution in [0.15, 0.2) is 35.4 Å². The van der Waals surface area contributed by atoms with Crippen molar-refractivity contribution in [2.24, 2.45) is 0 Å². The first-order valence-corrected chi connectivity index (χ1v) is 10.4. The third-order valence-electron chi connectivity index (χ3n) is 4.57. The second-order valence-corrected chi connectivity index (χ2v) is 9.12. The van der Waals surface area contributed by atoms with Crippen LogP contribution in [0.25, 0.3) is 10.8 Å². The zero-order chi connectivity index (χ0) is 20.3. The average Bonchev–Trinajstić information content (AvgIpc) is 2.82. The van der Waals surface area contributed by atoms with E-state index in [9.17, 15) is 4.79 Å². The predicted molar refractivity (Wildman–Crippen MR) is 113 cm³/mol. The van der Waals surface area contributed by atoms with Crippen molar-refractivity contribution in [1.29, 1.82) is 0 Å². The average molecular weight is 404 g/mol. The molecule has 2 heterocycles. The Balaban J connectivity index is 1.75. The van der Waals surface area contributed by atoms with E-state index in [0.29, 0.717) is 19.0 Å². The molecule has 1 unspecified atom stereocenters. The van der Waals surface area contributed by atoms with Crippen molar-refractivity contribution >= 4 is 28.8 Å². The van der Waals surface area contributed by atoms with Crippen LogP contribution in [0.4, 0.5) is 4.79 Å². The highest BCUT2D eigenvalue weighted by Crippen LogP contribution is 2.35. The van der Waals surface area contributed by atoms with Crippen LogP contribution in [0.1, 0.15) is 34.1 Å². The molecule has 1 atom stereocenters.